The second-order valence-electron chi connectivity index (χ2n) is 6.17. The molecule has 1 fully saturated rings. The highest BCUT2D eigenvalue weighted by Crippen LogP contribution is 2.25. The number of anilines is 2. The first kappa shape index (κ1) is 19.3. The summed E-state index contributed by atoms with van der Waals surface area (Å²) >= 11 is 1.65. The van der Waals surface area contributed by atoms with Crippen LogP contribution in [0, 0.1) is 0 Å². The van der Waals surface area contributed by atoms with Crippen molar-refractivity contribution in [3.05, 3.63) is 46.7 Å². The van der Waals surface area contributed by atoms with Crippen molar-refractivity contribution in [3.8, 4) is 0 Å². The number of benzene rings is 1. The van der Waals surface area contributed by atoms with Crippen molar-refractivity contribution in [2.24, 2.45) is 0 Å². The third-order valence-corrected chi connectivity index (χ3v) is 5.43. The first-order valence-electron chi connectivity index (χ1n) is 8.89. The quantitative estimate of drug-likeness (QED) is 0.659. The van der Waals surface area contributed by atoms with E-state index in [0.29, 0.717) is 25.4 Å². The van der Waals surface area contributed by atoms with E-state index in [1.807, 2.05) is 30.6 Å². The highest BCUT2D eigenvalue weighted by molar-refractivity contribution is 7.10. The lowest BCUT2D eigenvalue weighted by Gasteiger charge is -2.34. The molecule has 1 aromatic carbocycles. The van der Waals surface area contributed by atoms with Crippen molar-refractivity contribution in [3.63, 3.8) is 0 Å². The number of ether oxygens (including phenoxy) is 1. The number of carbonyl (C=O) groups excluding carboxylic acids is 2. The Kier molecular flexibility index (Phi) is 6.80. The smallest absolute Gasteiger partial charge is 0.313 e. The summed E-state index contributed by atoms with van der Waals surface area (Å²) in [5.41, 5.74) is 1.51. The maximum atomic E-state index is 12.3. The molecule has 144 valence electrons. The van der Waals surface area contributed by atoms with Gasteiger partial charge in [-0.25, -0.2) is 0 Å². The van der Waals surface area contributed by atoms with Crippen molar-refractivity contribution in [2.45, 2.75) is 6.04 Å². The fraction of sp³-hybridized carbons (Fsp3) is 0.368. The highest BCUT2D eigenvalue weighted by Gasteiger charge is 2.25. The number of nitrogens with zero attached hydrogens (tertiary/aromatic N) is 1. The molecular weight excluding hydrogens is 364 g/mol. The minimum atomic E-state index is -0.667. The van der Waals surface area contributed by atoms with Crippen LogP contribution in [-0.4, -0.2) is 56.6 Å². The lowest BCUT2D eigenvalue weighted by atomic mass is 10.2. The predicted molar refractivity (Wildman–Crippen MR) is 107 cm³/mol. The number of carbonyl (C=O) groups is 2. The molecule has 0 saturated carbocycles. The van der Waals surface area contributed by atoms with E-state index in [1.54, 1.807) is 23.5 Å². The van der Waals surface area contributed by atoms with Gasteiger partial charge in [-0.3, -0.25) is 14.5 Å². The summed E-state index contributed by atoms with van der Waals surface area (Å²) in [6, 6.07) is 11.3. The number of amides is 2. The molecule has 0 aliphatic carbocycles. The molecule has 1 aromatic heterocycles. The van der Waals surface area contributed by atoms with Crippen LogP contribution in [0.25, 0.3) is 0 Å². The molecule has 1 atom stereocenters. The van der Waals surface area contributed by atoms with Gasteiger partial charge in [-0.1, -0.05) is 6.07 Å². The summed E-state index contributed by atoms with van der Waals surface area (Å²) in [5, 5.41) is 10.4. The minimum absolute atomic E-state index is 0.0422. The van der Waals surface area contributed by atoms with E-state index in [4.69, 9.17) is 4.74 Å². The van der Waals surface area contributed by atoms with Gasteiger partial charge in [0.15, 0.2) is 0 Å². The standard InChI is InChI=1S/C19H24N4O3S/c1-20-14-4-6-15(7-5-14)22-19(25)18(24)21-13-16(17-3-2-12-27-17)23-8-10-26-11-9-23/h2-7,12,16,20H,8-11,13H2,1H3,(H,21,24)(H,22,25). The zero-order chi connectivity index (χ0) is 19.1. The zero-order valence-electron chi connectivity index (χ0n) is 15.2. The lowest BCUT2D eigenvalue weighted by molar-refractivity contribution is -0.136. The summed E-state index contributed by atoms with van der Waals surface area (Å²) in [4.78, 5) is 27.9. The van der Waals surface area contributed by atoms with Crippen LogP contribution in [0.4, 0.5) is 11.4 Å². The number of nitrogens with one attached hydrogen (secondary N) is 3. The first-order chi connectivity index (χ1) is 13.2. The number of hydrogen-bond acceptors (Lipinski definition) is 6. The van der Waals surface area contributed by atoms with E-state index >= 15 is 0 Å². The molecule has 0 radical (unpaired) electrons. The molecule has 1 saturated heterocycles. The molecule has 1 aliphatic heterocycles. The van der Waals surface area contributed by atoms with Gasteiger partial charge in [0.1, 0.15) is 0 Å². The van der Waals surface area contributed by atoms with E-state index in [2.05, 4.69) is 26.9 Å². The van der Waals surface area contributed by atoms with Gasteiger partial charge in [0.25, 0.3) is 0 Å². The Hall–Kier alpha value is -2.42. The zero-order valence-corrected chi connectivity index (χ0v) is 16.1. The van der Waals surface area contributed by atoms with Crippen molar-refractivity contribution in [2.75, 3.05) is 50.5 Å². The van der Waals surface area contributed by atoms with Crippen LogP contribution in [0.1, 0.15) is 10.9 Å². The third-order valence-electron chi connectivity index (χ3n) is 4.45. The molecule has 1 unspecified atom stereocenters. The average Bonchev–Trinajstić information content (AvgIpc) is 3.24. The van der Waals surface area contributed by atoms with Crippen LogP contribution in [0.15, 0.2) is 41.8 Å². The normalized spacial score (nSPS) is 15.7. The Morgan fingerprint density at radius 1 is 1.11 bits per heavy atom. The van der Waals surface area contributed by atoms with Gasteiger partial charge < -0.3 is 20.7 Å². The van der Waals surface area contributed by atoms with Gasteiger partial charge in [0.05, 0.1) is 19.3 Å². The van der Waals surface area contributed by atoms with Crippen LogP contribution < -0.4 is 16.0 Å². The first-order valence-corrected chi connectivity index (χ1v) is 9.77. The second-order valence-corrected chi connectivity index (χ2v) is 7.15. The lowest BCUT2D eigenvalue weighted by Crippen LogP contribution is -2.45. The Morgan fingerprint density at radius 3 is 2.44 bits per heavy atom. The van der Waals surface area contributed by atoms with Crippen molar-refractivity contribution in [1.82, 2.24) is 10.2 Å². The van der Waals surface area contributed by atoms with Crippen LogP contribution in [-0.2, 0) is 14.3 Å². The fourth-order valence-electron chi connectivity index (χ4n) is 2.96. The maximum Gasteiger partial charge on any atom is 0.313 e. The van der Waals surface area contributed by atoms with Crippen molar-refractivity contribution >= 4 is 34.5 Å². The SMILES string of the molecule is CNc1ccc(NC(=O)C(=O)NCC(c2cccs2)N2CCOCC2)cc1. The van der Waals surface area contributed by atoms with E-state index < -0.39 is 11.8 Å². The van der Waals surface area contributed by atoms with Gasteiger partial charge >= 0.3 is 11.8 Å². The van der Waals surface area contributed by atoms with Crippen LogP contribution in [0.5, 0.6) is 0 Å². The van der Waals surface area contributed by atoms with E-state index in [9.17, 15) is 9.59 Å². The van der Waals surface area contributed by atoms with Gasteiger partial charge in [0, 0.05) is 42.9 Å². The third kappa shape index (κ3) is 5.29. The molecule has 2 heterocycles. The molecule has 3 N–H and O–H groups in total. The van der Waals surface area contributed by atoms with E-state index in [0.717, 1.165) is 18.8 Å². The second kappa shape index (κ2) is 9.50. The molecular formula is C19H24N4O3S. The average molecular weight is 388 g/mol. The molecule has 27 heavy (non-hydrogen) atoms. The summed E-state index contributed by atoms with van der Waals surface area (Å²) in [7, 11) is 1.82. The summed E-state index contributed by atoms with van der Waals surface area (Å²) in [6.07, 6.45) is 0. The number of hydrogen-bond donors (Lipinski definition) is 3. The molecule has 1 aliphatic rings. The predicted octanol–water partition coefficient (Wildman–Crippen LogP) is 1.92. The van der Waals surface area contributed by atoms with Crippen molar-refractivity contribution < 1.29 is 14.3 Å². The van der Waals surface area contributed by atoms with Gasteiger partial charge in [0.2, 0.25) is 0 Å². The Labute approximate surface area is 162 Å². The monoisotopic (exact) mass is 388 g/mol. The summed E-state index contributed by atoms with van der Waals surface area (Å²) in [5.74, 6) is -1.30. The maximum absolute atomic E-state index is 12.3. The molecule has 2 aromatic rings. The number of rotatable bonds is 6. The largest absolute Gasteiger partial charge is 0.388 e. The van der Waals surface area contributed by atoms with Crippen LogP contribution >= 0.6 is 11.3 Å². The van der Waals surface area contributed by atoms with Gasteiger partial charge in [-0.15, -0.1) is 11.3 Å². The Bertz CT molecular complexity index is 743. The van der Waals surface area contributed by atoms with Crippen molar-refractivity contribution in [1.29, 1.82) is 0 Å². The van der Waals surface area contributed by atoms with E-state index in [1.165, 1.54) is 4.88 Å². The number of morpholine rings is 1. The fourth-order valence-corrected chi connectivity index (χ4v) is 3.82. The topological polar surface area (TPSA) is 82.7 Å². The highest BCUT2D eigenvalue weighted by atomic mass is 32.1. The Balaban J connectivity index is 1.57. The van der Waals surface area contributed by atoms with Crippen LogP contribution in [0.3, 0.4) is 0 Å². The van der Waals surface area contributed by atoms with Crippen LogP contribution in [0.2, 0.25) is 0 Å². The summed E-state index contributed by atoms with van der Waals surface area (Å²) < 4.78 is 5.42. The minimum Gasteiger partial charge on any atom is -0.388 e. The Morgan fingerprint density at radius 2 is 1.81 bits per heavy atom. The molecule has 0 spiro atoms. The summed E-state index contributed by atoms with van der Waals surface area (Å²) in [6.45, 7) is 3.36. The molecule has 7 nitrogen and oxygen atoms in total. The van der Waals surface area contributed by atoms with Gasteiger partial charge in [-0.05, 0) is 35.7 Å². The van der Waals surface area contributed by atoms with Gasteiger partial charge in [-0.2, -0.15) is 0 Å². The molecule has 8 heteroatoms. The van der Waals surface area contributed by atoms with E-state index in [-0.39, 0.29) is 6.04 Å². The number of thiophene rings is 1. The molecule has 3 rings (SSSR count). The molecule has 2 amide bonds. The molecule has 0 bridgehead atoms.